The molecule has 0 radical (unpaired) electrons. The highest BCUT2D eigenvalue weighted by Gasteiger charge is 2.52. The summed E-state index contributed by atoms with van der Waals surface area (Å²) in [6, 6.07) is 16.0. The van der Waals surface area contributed by atoms with Crippen molar-refractivity contribution in [2.45, 2.75) is 36.5 Å². The third-order valence-corrected chi connectivity index (χ3v) is 7.51. The first kappa shape index (κ1) is 19.1. The topological polar surface area (TPSA) is 60.5 Å². The van der Waals surface area contributed by atoms with Crippen LogP contribution in [0.3, 0.4) is 0 Å². The predicted molar refractivity (Wildman–Crippen MR) is 118 cm³/mol. The molecule has 0 saturated heterocycles. The molecule has 2 aliphatic carbocycles. The van der Waals surface area contributed by atoms with Crippen LogP contribution < -0.4 is 14.8 Å². The van der Waals surface area contributed by atoms with Gasteiger partial charge in [-0.2, -0.15) is 0 Å². The lowest BCUT2D eigenvalue weighted by atomic mass is 9.94. The van der Waals surface area contributed by atoms with Crippen molar-refractivity contribution >= 4 is 22.4 Å². The number of methoxy groups -OCH3 is 2. The van der Waals surface area contributed by atoms with E-state index in [0.717, 1.165) is 42.7 Å². The molecule has 0 unspecified atom stereocenters. The number of anilines is 1. The van der Waals surface area contributed by atoms with Crippen LogP contribution in [0.15, 0.2) is 54.7 Å². The number of amides is 1. The third kappa shape index (κ3) is 3.06. The Labute approximate surface area is 180 Å². The normalized spacial score (nSPS) is 17.8. The Morgan fingerprint density at radius 1 is 1.00 bits per heavy atom. The van der Waals surface area contributed by atoms with E-state index in [9.17, 15) is 4.79 Å². The lowest BCUT2D eigenvalue weighted by molar-refractivity contribution is -0.118. The maximum atomic E-state index is 13.1. The molecule has 154 valence electrons. The fourth-order valence-corrected chi connectivity index (χ4v) is 5.34. The minimum Gasteiger partial charge on any atom is -0.497 e. The number of hydrogen-bond acceptors (Lipinski definition) is 5. The second kappa shape index (κ2) is 7.13. The molecule has 1 heterocycles. The van der Waals surface area contributed by atoms with E-state index in [1.807, 2.05) is 48.7 Å². The van der Waals surface area contributed by atoms with Gasteiger partial charge in [-0.3, -0.25) is 4.79 Å². The Balaban J connectivity index is 1.36. The van der Waals surface area contributed by atoms with Gasteiger partial charge in [0.25, 0.3) is 0 Å². The molecule has 6 heteroatoms. The minimum atomic E-state index is -0.446. The summed E-state index contributed by atoms with van der Waals surface area (Å²) in [6.07, 6.45) is 5.76. The number of nitrogens with zero attached hydrogens (tertiary/aromatic N) is 1. The molecule has 1 aromatic heterocycles. The van der Waals surface area contributed by atoms with Crippen molar-refractivity contribution < 1.29 is 14.3 Å². The summed E-state index contributed by atoms with van der Waals surface area (Å²) >= 11 is 1.57. The van der Waals surface area contributed by atoms with Crippen LogP contribution in [0.1, 0.15) is 41.7 Å². The largest absolute Gasteiger partial charge is 0.497 e. The number of carbonyl (C=O) groups is 1. The van der Waals surface area contributed by atoms with E-state index in [1.54, 1.807) is 25.6 Å². The van der Waals surface area contributed by atoms with Gasteiger partial charge in [0.2, 0.25) is 5.91 Å². The lowest BCUT2D eigenvalue weighted by Gasteiger charge is -2.17. The summed E-state index contributed by atoms with van der Waals surface area (Å²) in [4.78, 5) is 18.8. The van der Waals surface area contributed by atoms with Crippen molar-refractivity contribution in [2.24, 2.45) is 0 Å². The molecule has 1 N–H and O–H groups in total. The van der Waals surface area contributed by atoms with Gasteiger partial charge in [0, 0.05) is 22.1 Å². The third-order valence-electron chi connectivity index (χ3n) is 6.40. The molecule has 0 atom stereocenters. The number of thiazole rings is 1. The number of aromatic nitrogens is 1. The molecule has 0 bridgehead atoms. The second-order valence-electron chi connectivity index (χ2n) is 8.08. The summed E-state index contributed by atoms with van der Waals surface area (Å²) in [5.41, 5.74) is 1.75. The molecule has 3 aromatic rings. The fourth-order valence-electron chi connectivity index (χ4n) is 4.27. The van der Waals surface area contributed by atoms with Crippen molar-refractivity contribution in [3.05, 3.63) is 70.7 Å². The Bertz CT molecular complexity index is 1080. The Morgan fingerprint density at radius 2 is 1.73 bits per heavy atom. The average molecular weight is 421 g/mol. The van der Waals surface area contributed by atoms with Crippen LogP contribution in [-0.2, 0) is 15.6 Å². The van der Waals surface area contributed by atoms with Crippen LogP contribution in [0.4, 0.5) is 5.13 Å². The van der Waals surface area contributed by atoms with E-state index in [0.29, 0.717) is 5.13 Å². The van der Waals surface area contributed by atoms with Gasteiger partial charge in [0.15, 0.2) is 5.13 Å². The van der Waals surface area contributed by atoms with Gasteiger partial charge >= 0.3 is 0 Å². The molecule has 2 aromatic carbocycles. The fraction of sp³-hybridized carbons (Fsp3) is 0.333. The summed E-state index contributed by atoms with van der Waals surface area (Å²) in [7, 11) is 3.35. The number of hydrogen-bond donors (Lipinski definition) is 1. The number of benzene rings is 2. The van der Waals surface area contributed by atoms with E-state index in [2.05, 4.69) is 16.4 Å². The maximum absolute atomic E-state index is 13.1. The van der Waals surface area contributed by atoms with Crippen molar-refractivity contribution in [1.82, 2.24) is 4.98 Å². The summed E-state index contributed by atoms with van der Waals surface area (Å²) in [6.45, 7) is 0. The van der Waals surface area contributed by atoms with E-state index in [1.165, 1.54) is 10.4 Å². The molecule has 2 aliphatic rings. The number of ether oxygens (including phenoxy) is 2. The van der Waals surface area contributed by atoms with Gasteiger partial charge in [-0.1, -0.05) is 30.3 Å². The van der Waals surface area contributed by atoms with E-state index in [4.69, 9.17) is 9.47 Å². The Kier molecular flexibility index (Phi) is 4.54. The van der Waals surface area contributed by atoms with Crippen molar-refractivity contribution in [3.8, 4) is 11.5 Å². The summed E-state index contributed by atoms with van der Waals surface area (Å²) in [5, 5.41) is 3.74. The summed E-state index contributed by atoms with van der Waals surface area (Å²) in [5.74, 6) is 1.73. The van der Waals surface area contributed by atoms with E-state index < -0.39 is 5.41 Å². The number of carbonyl (C=O) groups excluding carboxylic acids is 1. The Hall–Kier alpha value is -2.86. The van der Waals surface area contributed by atoms with Crippen LogP contribution in [0.25, 0.3) is 0 Å². The molecule has 0 aliphatic heterocycles. The molecule has 2 fully saturated rings. The molecule has 1 amide bonds. The van der Waals surface area contributed by atoms with Gasteiger partial charge in [-0.15, -0.1) is 11.3 Å². The first-order chi connectivity index (χ1) is 14.6. The number of rotatable bonds is 7. The molecule has 5 rings (SSSR count). The zero-order valence-electron chi connectivity index (χ0n) is 17.1. The van der Waals surface area contributed by atoms with Crippen molar-refractivity contribution in [3.63, 3.8) is 0 Å². The lowest BCUT2D eigenvalue weighted by Crippen LogP contribution is -2.27. The predicted octanol–water partition coefficient (Wildman–Crippen LogP) is 4.91. The number of nitrogens with one attached hydrogen (secondary N) is 1. The molecule has 5 nitrogen and oxygen atoms in total. The van der Waals surface area contributed by atoms with E-state index >= 15 is 0 Å². The first-order valence-corrected chi connectivity index (χ1v) is 11.0. The summed E-state index contributed by atoms with van der Waals surface area (Å²) < 4.78 is 10.8. The van der Waals surface area contributed by atoms with Crippen LogP contribution >= 0.6 is 11.3 Å². The molecular formula is C24H24N2O3S. The highest BCUT2D eigenvalue weighted by molar-refractivity contribution is 7.16. The first-order valence-electron chi connectivity index (χ1n) is 10.2. The van der Waals surface area contributed by atoms with Gasteiger partial charge in [0.1, 0.15) is 11.5 Å². The SMILES string of the molecule is COc1ccc(C2(C(=O)Nc3ncc(C4(c5ccccc5OC)CC4)s3)CC2)cc1. The molecule has 0 spiro atoms. The molecular weight excluding hydrogens is 396 g/mol. The van der Waals surface area contributed by atoms with Crippen molar-refractivity contribution in [1.29, 1.82) is 0 Å². The monoisotopic (exact) mass is 420 g/mol. The Morgan fingerprint density at radius 3 is 2.37 bits per heavy atom. The average Bonchev–Trinajstić information content (AvgIpc) is 3.72. The van der Waals surface area contributed by atoms with Crippen molar-refractivity contribution in [2.75, 3.05) is 19.5 Å². The van der Waals surface area contributed by atoms with Crippen LogP contribution in [0.2, 0.25) is 0 Å². The van der Waals surface area contributed by atoms with Crippen LogP contribution in [-0.4, -0.2) is 25.1 Å². The maximum Gasteiger partial charge on any atom is 0.236 e. The quantitative estimate of drug-likeness (QED) is 0.590. The molecule has 2 saturated carbocycles. The van der Waals surface area contributed by atoms with E-state index in [-0.39, 0.29) is 11.3 Å². The standard InChI is InChI=1S/C24H24N2O3S/c1-28-17-9-7-16(8-10-17)23(11-12-23)21(27)26-22-25-15-20(30-22)24(13-14-24)18-5-3-4-6-19(18)29-2/h3-10,15H,11-14H2,1-2H3,(H,25,26,27). The van der Waals surface area contributed by atoms with Crippen LogP contribution in [0.5, 0.6) is 11.5 Å². The zero-order chi connectivity index (χ0) is 20.8. The van der Waals surface area contributed by atoms with Gasteiger partial charge in [-0.05, 0) is 49.4 Å². The second-order valence-corrected chi connectivity index (χ2v) is 9.11. The van der Waals surface area contributed by atoms with Gasteiger partial charge in [0.05, 0.1) is 19.6 Å². The van der Waals surface area contributed by atoms with Crippen LogP contribution in [0, 0.1) is 0 Å². The number of para-hydroxylation sites is 1. The highest BCUT2D eigenvalue weighted by Crippen LogP contribution is 2.58. The highest BCUT2D eigenvalue weighted by atomic mass is 32.1. The smallest absolute Gasteiger partial charge is 0.236 e. The molecule has 30 heavy (non-hydrogen) atoms. The van der Waals surface area contributed by atoms with Gasteiger partial charge in [-0.25, -0.2) is 4.98 Å². The van der Waals surface area contributed by atoms with Gasteiger partial charge < -0.3 is 14.8 Å². The minimum absolute atomic E-state index is 0.0238. The zero-order valence-corrected chi connectivity index (χ0v) is 17.9.